The van der Waals surface area contributed by atoms with Gasteiger partial charge in [0.2, 0.25) is 0 Å². The van der Waals surface area contributed by atoms with Gasteiger partial charge in [-0.3, -0.25) is 4.79 Å². The van der Waals surface area contributed by atoms with Crippen LogP contribution in [0, 0.1) is 24.6 Å². The zero-order valence-electron chi connectivity index (χ0n) is 19.7. The Hall–Kier alpha value is -2.82. The van der Waals surface area contributed by atoms with E-state index in [1.807, 2.05) is 6.92 Å². The van der Waals surface area contributed by atoms with E-state index in [0.29, 0.717) is 30.5 Å². The largest absolute Gasteiger partial charge is 0.487 e. The summed E-state index contributed by atoms with van der Waals surface area (Å²) in [4.78, 5) is 18.5. The summed E-state index contributed by atoms with van der Waals surface area (Å²) in [5.41, 5.74) is -0.396. The molecule has 2 unspecified atom stereocenters. The van der Waals surface area contributed by atoms with Crippen molar-refractivity contribution in [1.82, 2.24) is 4.98 Å². The van der Waals surface area contributed by atoms with E-state index in [9.17, 15) is 22.4 Å². The first-order valence-corrected chi connectivity index (χ1v) is 11.6. The number of amides is 1. The lowest BCUT2D eigenvalue weighted by molar-refractivity contribution is -0.130. The minimum absolute atomic E-state index is 0.0210. The number of hydrogen-bond donors (Lipinski definition) is 1. The van der Waals surface area contributed by atoms with Gasteiger partial charge in [0.15, 0.2) is 17.3 Å². The lowest BCUT2D eigenvalue weighted by Gasteiger charge is -2.45. The molecule has 2 atom stereocenters. The number of carbonyl (C=O) groups is 1. The van der Waals surface area contributed by atoms with E-state index in [-0.39, 0.29) is 23.6 Å². The standard InChI is InChI=1S/C24H27F4N3O4/c1-12-4-15(8-17(25)20(12)34-16-6-13-5-14(13)7-16)29-21(32)19-18(9-24(26,27)28)35-22(30-19)31-10-23(2,11-31)33-3/h4,8,13-14,16H,5-7,9-11H2,1-3H3,(H,29,32). The molecule has 2 heterocycles. The highest BCUT2D eigenvalue weighted by atomic mass is 19.4. The Morgan fingerprint density at radius 2 is 1.94 bits per heavy atom. The number of methoxy groups -OCH3 is 1. The number of aromatic nitrogens is 1. The van der Waals surface area contributed by atoms with Gasteiger partial charge in [0.1, 0.15) is 17.8 Å². The number of halogens is 4. The predicted molar refractivity (Wildman–Crippen MR) is 118 cm³/mol. The predicted octanol–water partition coefficient (Wildman–Crippen LogP) is 4.88. The summed E-state index contributed by atoms with van der Waals surface area (Å²) >= 11 is 0. The molecule has 1 aliphatic heterocycles. The van der Waals surface area contributed by atoms with Crippen molar-refractivity contribution in [1.29, 1.82) is 0 Å². The van der Waals surface area contributed by atoms with Crippen molar-refractivity contribution in [2.75, 3.05) is 30.4 Å². The first-order chi connectivity index (χ1) is 16.4. The number of nitrogens with one attached hydrogen (secondary N) is 1. The summed E-state index contributed by atoms with van der Waals surface area (Å²) < 4.78 is 70.7. The highest BCUT2D eigenvalue weighted by molar-refractivity contribution is 6.04. The maximum Gasteiger partial charge on any atom is 0.396 e. The fourth-order valence-corrected chi connectivity index (χ4v) is 5.04. The fraction of sp³-hybridized carbons (Fsp3) is 0.583. The number of anilines is 2. The van der Waals surface area contributed by atoms with Crippen molar-refractivity contribution in [2.45, 2.75) is 57.4 Å². The summed E-state index contributed by atoms with van der Waals surface area (Å²) in [6, 6.07) is 2.53. The van der Waals surface area contributed by atoms with Crippen LogP contribution in [0.5, 0.6) is 5.75 Å². The minimum atomic E-state index is -4.61. The third kappa shape index (κ3) is 4.96. The van der Waals surface area contributed by atoms with Gasteiger partial charge in [-0.2, -0.15) is 18.2 Å². The van der Waals surface area contributed by atoms with Crippen molar-refractivity contribution in [3.05, 3.63) is 35.0 Å². The zero-order chi connectivity index (χ0) is 25.1. The molecule has 190 valence electrons. The van der Waals surface area contributed by atoms with Crippen LogP contribution in [-0.4, -0.2) is 49.0 Å². The molecule has 0 radical (unpaired) electrons. The SMILES string of the molecule is COC1(C)CN(c2nc(C(=O)Nc3cc(C)c(OC4CC5CC5C4)c(F)c3)c(CC(F)(F)F)o2)C1. The molecule has 2 aromatic rings. The maximum atomic E-state index is 14.8. The number of ether oxygens (including phenoxy) is 2. The molecule has 2 aliphatic carbocycles. The Balaban J connectivity index is 1.32. The van der Waals surface area contributed by atoms with Crippen LogP contribution < -0.4 is 15.0 Å². The third-order valence-corrected chi connectivity index (χ3v) is 7.05. The van der Waals surface area contributed by atoms with Crippen molar-refractivity contribution in [2.24, 2.45) is 11.8 Å². The van der Waals surface area contributed by atoms with Crippen LogP contribution in [0.25, 0.3) is 0 Å². The van der Waals surface area contributed by atoms with Crippen molar-refractivity contribution in [3.63, 3.8) is 0 Å². The molecule has 1 aromatic carbocycles. The van der Waals surface area contributed by atoms with Crippen LogP contribution in [0.4, 0.5) is 29.3 Å². The van der Waals surface area contributed by atoms with Gasteiger partial charge in [-0.05, 0) is 56.6 Å². The number of alkyl halides is 3. The van der Waals surface area contributed by atoms with E-state index in [0.717, 1.165) is 18.9 Å². The van der Waals surface area contributed by atoms with Crippen molar-refractivity contribution >= 4 is 17.6 Å². The number of oxazole rings is 1. The first kappa shape index (κ1) is 23.9. The molecule has 11 heteroatoms. The molecule has 1 aromatic heterocycles. The normalized spacial score (nSPS) is 24.7. The Kier molecular flexibility index (Phi) is 5.73. The number of aryl methyl sites for hydroxylation is 1. The molecular weight excluding hydrogens is 470 g/mol. The van der Waals surface area contributed by atoms with Crippen LogP contribution in [0.15, 0.2) is 16.5 Å². The molecule has 0 bridgehead atoms. The number of nitrogens with zero attached hydrogens (tertiary/aromatic N) is 2. The topological polar surface area (TPSA) is 76.8 Å². The first-order valence-electron chi connectivity index (χ1n) is 11.6. The van der Waals surface area contributed by atoms with Gasteiger partial charge in [0, 0.05) is 18.9 Å². The van der Waals surface area contributed by atoms with Crippen LogP contribution in [-0.2, 0) is 11.2 Å². The molecular formula is C24H27F4N3O4. The molecule has 2 saturated carbocycles. The molecule has 0 spiro atoms. The number of benzene rings is 1. The Morgan fingerprint density at radius 1 is 1.26 bits per heavy atom. The summed E-state index contributed by atoms with van der Waals surface area (Å²) in [6.45, 7) is 4.20. The second kappa shape index (κ2) is 8.39. The second-order valence-corrected chi connectivity index (χ2v) is 10.1. The number of carbonyl (C=O) groups excluding carboxylic acids is 1. The van der Waals surface area contributed by atoms with Gasteiger partial charge < -0.3 is 24.1 Å². The lowest BCUT2D eigenvalue weighted by atomic mass is 9.97. The monoisotopic (exact) mass is 497 g/mol. The van der Waals surface area contributed by atoms with E-state index in [4.69, 9.17) is 13.9 Å². The summed E-state index contributed by atoms with van der Waals surface area (Å²) in [7, 11) is 1.54. The van der Waals surface area contributed by atoms with Gasteiger partial charge >= 0.3 is 6.18 Å². The molecule has 3 fully saturated rings. The second-order valence-electron chi connectivity index (χ2n) is 10.1. The number of hydrogen-bond acceptors (Lipinski definition) is 6. The molecule has 1 amide bonds. The molecule has 3 aliphatic rings. The van der Waals surface area contributed by atoms with Crippen LogP contribution >= 0.6 is 0 Å². The van der Waals surface area contributed by atoms with Gasteiger partial charge in [-0.15, -0.1) is 0 Å². The minimum Gasteiger partial charge on any atom is -0.487 e. The van der Waals surface area contributed by atoms with Gasteiger partial charge in [-0.1, -0.05) is 0 Å². The van der Waals surface area contributed by atoms with Gasteiger partial charge in [0.05, 0.1) is 19.2 Å². The Morgan fingerprint density at radius 3 is 2.54 bits per heavy atom. The molecule has 35 heavy (non-hydrogen) atoms. The highest BCUT2D eigenvalue weighted by Gasteiger charge is 2.47. The zero-order valence-corrected chi connectivity index (χ0v) is 19.7. The van der Waals surface area contributed by atoms with Gasteiger partial charge in [-0.25, -0.2) is 4.39 Å². The molecule has 1 saturated heterocycles. The average molecular weight is 497 g/mol. The number of rotatable bonds is 7. The summed E-state index contributed by atoms with van der Waals surface area (Å²) in [5.74, 6) is -0.670. The van der Waals surface area contributed by atoms with Crippen LogP contribution in [0.2, 0.25) is 0 Å². The van der Waals surface area contributed by atoms with Gasteiger partial charge in [0.25, 0.3) is 11.9 Å². The highest BCUT2D eigenvalue weighted by Crippen LogP contribution is 2.52. The van der Waals surface area contributed by atoms with E-state index in [1.165, 1.54) is 19.6 Å². The van der Waals surface area contributed by atoms with Crippen LogP contribution in [0.1, 0.15) is 48.0 Å². The third-order valence-electron chi connectivity index (χ3n) is 7.05. The molecule has 7 nitrogen and oxygen atoms in total. The van der Waals surface area contributed by atoms with E-state index < -0.39 is 41.4 Å². The molecule has 5 rings (SSSR count). The Bertz CT molecular complexity index is 1110. The molecule has 1 N–H and O–H groups in total. The van der Waals surface area contributed by atoms with Crippen molar-refractivity contribution in [3.8, 4) is 5.75 Å². The quantitative estimate of drug-likeness (QED) is 0.550. The fourth-order valence-electron chi connectivity index (χ4n) is 5.04. The van der Waals surface area contributed by atoms with Crippen molar-refractivity contribution < 1.29 is 36.2 Å². The van der Waals surface area contributed by atoms with Crippen LogP contribution in [0.3, 0.4) is 0 Å². The smallest absolute Gasteiger partial charge is 0.396 e. The number of fused-ring (bicyclic) bond motifs is 1. The average Bonchev–Trinajstić information content (AvgIpc) is 3.14. The summed E-state index contributed by atoms with van der Waals surface area (Å²) in [5, 5.41) is 2.45. The maximum absolute atomic E-state index is 14.8. The Labute approximate surface area is 199 Å². The van der Waals surface area contributed by atoms with E-state index >= 15 is 0 Å². The lowest BCUT2D eigenvalue weighted by Crippen LogP contribution is -2.61. The van der Waals surface area contributed by atoms with E-state index in [2.05, 4.69) is 10.3 Å². The summed E-state index contributed by atoms with van der Waals surface area (Å²) in [6.07, 6.45) is -3.03. The van der Waals surface area contributed by atoms with E-state index in [1.54, 1.807) is 11.8 Å².